The summed E-state index contributed by atoms with van der Waals surface area (Å²) in [4.78, 5) is 16.0. The summed E-state index contributed by atoms with van der Waals surface area (Å²) in [6.07, 6.45) is 4.14. The third-order valence-electron chi connectivity index (χ3n) is 4.33. The molecule has 1 aromatic rings. The molecule has 1 aliphatic rings. The van der Waals surface area contributed by atoms with Crippen LogP contribution in [-0.4, -0.2) is 37.6 Å². The molecule has 1 aliphatic carbocycles. The Kier molecular flexibility index (Phi) is 6.67. The molecule has 0 atom stereocenters. The molecule has 0 aromatic carbocycles. The maximum absolute atomic E-state index is 12.8. The third kappa shape index (κ3) is 4.80. The van der Waals surface area contributed by atoms with E-state index in [1.165, 1.54) is 4.88 Å². The lowest BCUT2D eigenvalue weighted by molar-refractivity contribution is -0.138. The van der Waals surface area contributed by atoms with Crippen molar-refractivity contribution in [3.05, 3.63) is 22.4 Å². The number of rotatable bonds is 7. The van der Waals surface area contributed by atoms with Crippen molar-refractivity contribution in [3.63, 3.8) is 0 Å². The van der Waals surface area contributed by atoms with Gasteiger partial charge in [-0.15, -0.1) is 11.3 Å². The van der Waals surface area contributed by atoms with Crippen LogP contribution in [0.3, 0.4) is 0 Å². The van der Waals surface area contributed by atoms with Crippen LogP contribution in [0.4, 0.5) is 0 Å². The second-order valence-electron chi connectivity index (χ2n) is 5.79. The van der Waals surface area contributed by atoms with E-state index in [1.807, 2.05) is 11.0 Å². The van der Waals surface area contributed by atoms with E-state index < -0.39 is 0 Å². The quantitative estimate of drug-likeness (QED) is 0.842. The smallest absolute Gasteiger partial charge is 0.226 e. The van der Waals surface area contributed by atoms with Gasteiger partial charge in [0.05, 0.1) is 13.2 Å². The lowest BCUT2D eigenvalue weighted by Crippen LogP contribution is -2.39. The zero-order valence-corrected chi connectivity index (χ0v) is 13.6. The van der Waals surface area contributed by atoms with Crippen LogP contribution in [0.1, 0.15) is 30.6 Å². The zero-order chi connectivity index (χ0) is 15.1. The van der Waals surface area contributed by atoms with Crippen molar-refractivity contribution in [3.8, 4) is 0 Å². The van der Waals surface area contributed by atoms with Gasteiger partial charge in [0.15, 0.2) is 0 Å². The number of hydrogen-bond donors (Lipinski definition) is 1. The average molecular weight is 310 g/mol. The van der Waals surface area contributed by atoms with Crippen molar-refractivity contribution < 1.29 is 9.53 Å². The summed E-state index contributed by atoms with van der Waals surface area (Å²) < 4.78 is 5.16. The van der Waals surface area contributed by atoms with Crippen LogP contribution in [0.2, 0.25) is 0 Å². The third-order valence-corrected chi connectivity index (χ3v) is 5.19. The molecule has 1 fully saturated rings. The Labute approximate surface area is 131 Å². The van der Waals surface area contributed by atoms with Gasteiger partial charge in [0.25, 0.3) is 0 Å². The first-order chi connectivity index (χ1) is 10.2. The summed E-state index contributed by atoms with van der Waals surface area (Å²) >= 11 is 1.70. The zero-order valence-electron chi connectivity index (χ0n) is 12.8. The highest BCUT2D eigenvalue weighted by atomic mass is 32.1. The van der Waals surface area contributed by atoms with E-state index in [-0.39, 0.29) is 11.8 Å². The molecule has 0 aliphatic heterocycles. The van der Waals surface area contributed by atoms with E-state index in [2.05, 4.69) is 11.4 Å². The van der Waals surface area contributed by atoms with E-state index in [0.29, 0.717) is 25.6 Å². The summed E-state index contributed by atoms with van der Waals surface area (Å²) in [5, 5.41) is 2.06. The van der Waals surface area contributed by atoms with Gasteiger partial charge in [-0.25, -0.2) is 0 Å². The molecule has 21 heavy (non-hydrogen) atoms. The summed E-state index contributed by atoms with van der Waals surface area (Å²) in [5.74, 6) is 1.07. The Morgan fingerprint density at radius 3 is 2.76 bits per heavy atom. The average Bonchev–Trinajstić information content (AvgIpc) is 3.04. The van der Waals surface area contributed by atoms with Crippen molar-refractivity contribution in [2.75, 3.05) is 26.8 Å². The van der Waals surface area contributed by atoms with Crippen molar-refractivity contribution in [1.29, 1.82) is 0 Å². The molecule has 2 rings (SSSR count). The first-order valence-electron chi connectivity index (χ1n) is 7.74. The molecule has 2 N–H and O–H groups in total. The fourth-order valence-corrected chi connectivity index (χ4v) is 3.68. The molecule has 5 heteroatoms. The van der Waals surface area contributed by atoms with E-state index in [1.54, 1.807) is 18.4 Å². The molecular formula is C16H26N2O2S. The predicted octanol–water partition coefficient (Wildman–Crippen LogP) is 2.49. The number of thiophene rings is 1. The number of carbonyl (C=O) groups is 1. The highest BCUT2D eigenvalue weighted by Gasteiger charge is 2.29. The summed E-state index contributed by atoms with van der Waals surface area (Å²) in [5.41, 5.74) is 5.73. The van der Waals surface area contributed by atoms with Gasteiger partial charge in [0.2, 0.25) is 5.91 Å². The predicted molar refractivity (Wildman–Crippen MR) is 86.1 cm³/mol. The van der Waals surface area contributed by atoms with Crippen molar-refractivity contribution in [2.45, 2.75) is 32.2 Å². The van der Waals surface area contributed by atoms with Crippen LogP contribution in [0, 0.1) is 11.8 Å². The van der Waals surface area contributed by atoms with Crippen molar-refractivity contribution >= 4 is 17.2 Å². The molecule has 0 spiro atoms. The first kappa shape index (κ1) is 16.5. The molecule has 1 heterocycles. The molecule has 0 saturated heterocycles. The standard InChI is InChI=1S/C16H26N2O2S/c1-20-9-8-18(12-15-3-2-10-21-15)16(19)14-6-4-13(11-17)5-7-14/h2-3,10,13-14H,4-9,11-12,17H2,1H3. The number of ether oxygens (including phenoxy) is 1. The molecule has 0 radical (unpaired) electrons. The number of methoxy groups -OCH3 is 1. The van der Waals surface area contributed by atoms with Gasteiger partial charge in [0, 0.05) is 24.4 Å². The van der Waals surface area contributed by atoms with Crippen molar-refractivity contribution in [2.24, 2.45) is 17.6 Å². The number of carbonyl (C=O) groups excluding carboxylic acids is 1. The lowest BCUT2D eigenvalue weighted by atomic mass is 9.81. The number of amides is 1. The molecule has 1 amide bonds. The molecule has 118 valence electrons. The molecule has 0 unspecified atom stereocenters. The van der Waals surface area contributed by atoms with Gasteiger partial charge in [-0.1, -0.05) is 6.07 Å². The number of hydrogen-bond acceptors (Lipinski definition) is 4. The number of nitrogens with two attached hydrogens (primary N) is 1. The Morgan fingerprint density at radius 2 is 2.19 bits per heavy atom. The minimum Gasteiger partial charge on any atom is -0.383 e. The van der Waals surface area contributed by atoms with Gasteiger partial charge >= 0.3 is 0 Å². The fraction of sp³-hybridized carbons (Fsp3) is 0.688. The van der Waals surface area contributed by atoms with Gasteiger partial charge in [-0.2, -0.15) is 0 Å². The lowest BCUT2D eigenvalue weighted by Gasteiger charge is -2.31. The van der Waals surface area contributed by atoms with Crippen LogP contribution in [-0.2, 0) is 16.1 Å². The molecular weight excluding hydrogens is 284 g/mol. The van der Waals surface area contributed by atoms with Gasteiger partial charge in [0.1, 0.15) is 0 Å². The monoisotopic (exact) mass is 310 g/mol. The van der Waals surface area contributed by atoms with Crippen LogP contribution in [0.25, 0.3) is 0 Å². The van der Waals surface area contributed by atoms with Crippen LogP contribution >= 0.6 is 11.3 Å². The minimum atomic E-state index is 0.171. The Balaban J connectivity index is 1.93. The van der Waals surface area contributed by atoms with E-state index >= 15 is 0 Å². The SMILES string of the molecule is COCCN(Cc1cccs1)C(=O)C1CCC(CN)CC1. The van der Waals surface area contributed by atoms with Gasteiger partial charge in [-0.05, 0) is 49.6 Å². The van der Waals surface area contributed by atoms with Crippen LogP contribution in [0.15, 0.2) is 17.5 Å². The molecule has 0 bridgehead atoms. The minimum absolute atomic E-state index is 0.171. The van der Waals surface area contributed by atoms with Crippen LogP contribution < -0.4 is 5.73 Å². The van der Waals surface area contributed by atoms with Gasteiger partial charge in [-0.3, -0.25) is 4.79 Å². The first-order valence-corrected chi connectivity index (χ1v) is 8.62. The van der Waals surface area contributed by atoms with Crippen molar-refractivity contribution in [1.82, 2.24) is 4.90 Å². The molecule has 4 nitrogen and oxygen atoms in total. The molecule has 1 aromatic heterocycles. The largest absolute Gasteiger partial charge is 0.383 e. The topological polar surface area (TPSA) is 55.6 Å². The summed E-state index contributed by atoms with van der Waals surface area (Å²) in [6.45, 7) is 2.72. The highest BCUT2D eigenvalue weighted by molar-refractivity contribution is 7.09. The normalized spacial score (nSPS) is 22.2. The number of nitrogens with zero attached hydrogens (tertiary/aromatic N) is 1. The second-order valence-corrected chi connectivity index (χ2v) is 6.82. The molecule has 1 saturated carbocycles. The fourth-order valence-electron chi connectivity index (χ4n) is 2.96. The maximum Gasteiger partial charge on any atom is 0.226 e. The Morgan fingerprint density at radius 1 is 1.43 bits per heavy atom. The van der Waals surface area contributed by atoms with E-state index in [0.717, 1.165) is 32.2 Å². The van der Waals surface area contributed by atoms with E-state index in [4.69, 9.17) is 10.5 Å². The summed E-state index contributed by atoms with van der Waals surface area (Å²) in [6, 6.07) is 4.12. The highest BCUT2D eigenvalue weighted by Crippen LogP contribution is 2.30. The van der Waals surface area contributed by atoms with E-state index in [9.17, 15) is 4.79 Å². The van der Waals surface area contributed by atoms with Gasteiger partial charge < -0.3 is 15.4 Å². The Bertz CT molecular complexity index is 414. The van der Waals surface area contributed by atoms with Crippen LogP contribution in [0.5, 0.6) is 0 Å². The summed E-state index contributed by atoms with van der Waals surface area (Å²) in [7, 11) is 1.68. The second kappa shape index (κ2) is 8.51. The Hall–Kier alpha value is -0.910. The maximum atomic E-state index is 12.8.